The first-order chi connectivity index (χ1) is 13.3. The normalized spacial score (nSPS) is 16.0. The molecule has 1 aromatic rings. The Morgan fingerprint density at radius 1 is 1.29 bits per heavy atom. The highest BCUT2D eigenvalue weighted by molar-refractivity contribution is 5.80. The van der Waals surface area contributed by atoms with Crippen LogP contribution < -0.4 is 10.1 Å². The quantitative estimate of drug-likeness (QED) is 0.451. The lowest BCUT2D eigenvalue weighted by atomic mass is 9.97. The van der Waals surface area contributed by atoms with E-state index in [1.54, 1.807) is 32.2 Å². The fraction of sp³-hybridized carbons (Fsp3) is 0.579. The van der Waals surface area contributed by atoms with Crippen molar-refractivity contribution in [1.82, 2.24) is 10.2 Å². The van der Waals surface area contributed by atoms with Crippen molar-refractivity contribution in [3.05, 3.63) is 29.8 Å². The number of likely N-dealkylation sites (tertiary alicyclic amines) is 1. The summed E-state index contributed by atoms with van der Waals surface area (Å²) in [5, 5.41) is 3.16. The number of benzene rings is 1. The third-order valence-electron chi connectivity index (χ3n) is 4.43. The zero-order valence-electron chi connectivity index (χ0n) is 16.1. The van der Waals surface area contributed by atoms with Gasteiger partial charge in [0.05, 0.1) is 12.5 Å². The Morgan fingerprint density at radius 3 is 2.57 bits per heavy atom. The van der Waals surface area contributed by atoms with E-state index in [1.807, 2.05) is 4.90 Å². The van der Waals surface area contributed by atoms with Gasteiger partial charge in [0, 0.05) is 32.2 Å². The summed E-state index contributed by atoms with van der Waals surface area (Å²) in [6, 6.07) is 6.59. The molecule has 0 aromatic heterocycles. The minimum atomic E-state index is -4.39. The number of hydrogen-bond donors (Lipinski definition) is 1. The van der Waals surface area contributed by atoms with Gasteiger partial charge in [-0.2, -0.15) is 13.2 Å². The third kappa shape index (κ3) is 6.61. The first kappa shape index (κ1) is 21.8. The summed E-state index contributed by atoms with van der Waals surface area (Å²) in [5.41, 5.74) is 0.606. The van der Waals surface area contributed by atoms with Crippen molar-refractivity contribution in [1.29, 1.82) is 0 Å². The van der Waals surface area contributed by atoms with Crippen LogP contribution in [0.2, 0.25) is 0 Å². The largest absolute Gasteiger partial charge is 0.484 e. The van der Waals surface area contributed by atoms with Crippen molar-refractivity contribution < 1.29 is 27.4 Å². The second kappa shape index (κ2) is 10.2. The van der Waals surface area contributed by atoms with Crippen molar-refractivity contribution in [3.8, 4) is 5.75 Å². The van der Waals surface area contributed by atoms with E-state index in [-0.39, 0.29) is 24.2 Å². The lowest BCUT2D eigenvalue weighted by molar-refractivity contribution is -0.153. The molecule has 6 nitrogen and oxygen atoms in total. The average Bonchev–Trinajstić information content (AvgIpc) is 2.67. The van der Waals surface area contributed by atoms with Crippen LogP contribution in [0.4, 0.5) is 13.2 Å². The molecule has 1 heterocycles. The number of aliphatic imine (C=N–C) groups is 1. The van der Waals surface area contributed by atoms with Crippen LogP contribution in [-0.2, 0) is 16.1 Å². The van der Waals surface area contributed by atoms with Gasteiger partial charge in [-0.1, -0.05) is 18.2 Å². The average molecular weight is 401 g/mol. The van der Waals surface area contributed by atoms with E-state index in [9.17, 15) is 18.0 Å². The van der Waals surface area contributed by atoms with Crippen molar-refractivity contribution in [2.45, 2.75) is 32.5 Å². The summed E-state index contributed by atoms with van der Waals surface area (Å²) in [4.78, 5) is 18.1. The highest BCUT2D eigenvalue weighted by atomic mass is 19.4. The maximum Gasteiger partial charge on any atom is 0.422 e. The van der Waals surface area contributed by atoms with Gasteiger partial charge in [0.1, 0.15) is 5.75 Å². The molecule has 28 heavy (non-hydrogen) atoms. The van der Waals surface area contributed by atoms with Crippen LogP contribution in [0, 0.1) is 5.92 Å². The molecule has 0 saturated carbocycles. The van der Waals surface area contributed by atoms with Gasteiger partial charge in [-0.15, -0.1) is 0 Å². The predicted octanol–water partition coefficient (Wildman–Crippen LogP) is 2.98. The highest BCUT2D eigenvalue weighted by Gasteiger charge is 2.29. The fourth-order valence-corrected chi connectivity index (χ4v) is 3.04. The van der Waals surface area contributed by atoms with Gasteiger partial charge in [0.2, 0.25) is 0 Å². The molecule has 0 unspecified atom stereocenters. The van der Waals surface area contributed by atoms with Crippen molar-refractivity contribution >= 4 is 11.9 Å². The molecule has 0 amide bonds. The topological polar surface area (TPSA) is 63.2 Å². The van der Waals surface area contributed by atoms with Crippen LogP contribution in [0.3, 0.4) is 0 Å². The molecule has 156 valence electrons. The lowest BCUT2D eigenvalue weighted by Crippen LogP contribution is -2.46. The molecule has 1 aliphatic rings. The number of piperidine rings is 1. The monoisotopic (exact) mass is 401 g/mol. The number of guanidine groups is 1. The lowest BCUT2D eigenvalue weighted by Gasteiger charge is -2.33. The minimum Gasteiger partial charge on any atom is -0.484 e. The van der Waals surface area contributed by atoms with Crippen LogP contribution >= 0.6 is 0 Å². The number of rotatable bonds is 6. The number of nitrogens with one attached hydrogen (secondary N) is 1. The van der Waals surface area contributed by atoms with E-state index in [2.05, 4.69) is 10.3 Å². The standard InChI is InChI=1S/C19H26F3N3O3/c1-3-27-17(26)14-8-10-25(11-9-14)18(23-2)24-12-15-6-4-5-7-16(15)28-13-19(20,21)22/h4-7,14H,3,8-13H2,1-2H3,(H,23,24). The number of carbonyl (C=O) groups excluding carboxylic acids is 1. The van der Waals surface area contributed by atoms with E-state index in [0.29, 0.717) is 44.1 Å². The van der Waals surface area contributed by atoms with Gasteiger partial charge in [-0.05, 0) is 25.8 Å². The smallest absolute Gasteiger partial charge is 0.422 e. The van der Waals surface area contributed by atoms with E-state index >= 15 is 0 Å². The number of esters is 1. The molecule has 0 radical (unpaired) electrons. The molecule has 0 spiro atoms. The molecular weight excluding hydrogens is 375 g/mol. The fourth-order valence-electron chi connectivity index (χ4n) is 3.04. The number of hydrogen-bond acceptors (Lipinski definition) is 4. The number of halogens is 3. The Balaban J connectivity index is 1.91. The molecule has 9 heteroatoms. The molecule has 1 saturated heterocycles. The molecule has 1 aromatic carbocycles. The molecule has 0 bridgehead atoms. The van der Waals surface area contributed by atoms with Gasteiger partial charge in [-0.3, -0.25) is 9.79 Å². The van der Waals surface area contributed by atoms with E-state index < -0.39 is 12.8 Å². The summed E-state index contributed by atoms with van der Waals surface area (Å²) < 4.78 is 47.2. The third-order valence-corrected chi connectivity index (χ3v) is 4.43. The van der Waals surface area contributed by atoms with E-state index in [0.717, 1.165) is 0 Å². The van der Waals surface area contributed by atoms with Crippen molar-refractivity contribution in [2.24, 2.45) is 10.9 Å². The Kier molecular flexibility index (Phi) is 7.95. The second-order valence-electron chi connectivity index (χ2n) is 6.43. The summed E-state index contributed by atoms with van der Waals surface area (Å²) in [6.45, 7) is 2.40. The molecule has 2 rings (SSSR count). The van der Waals surface area contributed by atoms with Gasteiger partial charge in [0.25, 0.3) is 0 Å². The van der Waals surface area contributed by atoms with Gasteiger partial charge < -0.3 is 19.7 Å². The minimum absolute atomic E-state index is 0.106. The maximum atomic E-state index is 12.4. The molecule has 1 aliphatic heterocycles. The molecule has 0 atom stereocenters. The van der Waals surface area contributed by atoms with Crippen molar-refractivity contribution in [2.75, 3.05) is 33.4 Å². The molecular formula is C19H26F3N3O3. The SMILES string of the molecule is CCOC(=O)C1CCN(C(=NC)NCc2ccccc2OCC(F)(F)F)CC1. The number of para-hydroxylation sites is 1. The van der Waals surface area contributed by atoms with E-state index in [1.165, 1.54) is 6.07 Å². The Bertz CT molecular complexity index is 672. The zero-order valence-corrected chi connectivity index (χ0v) is 16.1. The second-order valence-corrected chi connectivity index (χ2v) is 6.43. The predicted molar refractivity (Wildman–Crippen MR) is 99.1 cm³/mol. The first-order valence-electron chi connectivity index (χ1n) is 9.23. The van der Waals surface area contributed by atoms with Crippen LogP contribution in [0.25, 0.3) is 0 Å². The summed E-state index contributed by atoms with van der Waals surface area (Å²) in [7, 11) is 1.64. The Labute approximate surface area is 162 Å². The Hall–Kier alpha value is -2.45. The van der Waals surface area contributed by atoms with Crippen LogP contribution in [0.1, 0.15) is 25.3 Å². The first-order valence-corrected chi connectivity index (χ1v) is 9.23. The van der Waals surface area contributed by atoms with Crippen molar-refractivity contribution in [3.63, 3.8) is 0 Å². The maximum absolute atomic E-state index is 12.4. The highest BCUT2D eigenvalue weighted by Crippen LogP contribution is 2.23. The van der Waals surface area contributed by atoms with E-state index in [4.69, 9.17) is 9.47 Å². The number of alkyl halides is 3. The summed E-state index contributed by atoms with van der Waals surface area (Å²) >= 11 is 0. The number of ether oxygens (including phenoxy) is 2. The molecule has 1 N–H and O–H groups in total. The van der Waals surface area contributed by atoms with Gasteiger partial charge in [-0.25, -0.2) is 0 Å². The summed E-state index contributed by atoms with van der Waals surface area (Å²) in [6.07, 6.45) is -3.05. The molecule has 1 fully saturated rings. The summed E-state index contributed by atoms with van der Waals surface area (Å²) in [5.74, 6) is 0.545. The zero-order chi connectivity index (χ0) is 20.6. The number of carbonyl (C=O) groups is 1. The van der Waals surface area contributed by atoms with Gasteiger partial charge >= 0.3 is 12.1 Å². The Morgan fingerprint density at radius 2 is 1.96 bits per heavy atom. The molecule has 0 aliphatic carbocycles. The van der Waals surface area contributed by atoms with Crippen LogP contribution in [0.5, 0.6) is 5.75 Å². The number of nitrogens with zero attached hydrogens (tertiary/aromatic N) is 2. The van der Waals surface area contributed by atoms with Crippen LogP contribution in [-0.4, -0.2) is 56.4 Å². The van der Waals surface area contributed by atoms with Crippen LogP contribution in [0.15, 0.2) is 29.3 Å². The van der Waals surface area contributed by atoms with Gasteiger partial charge in [0.15, 0.2) is 12.6 Å².